The monoisotopic (exact) mass is 379 g/mol. The molecule has 0 aliphatic heterocycles. The number of hydrogen-bond donors (Lipinski definition) is 1. The molecule has 0 radical (unpaired) electrons. The number of alkyl halides is 3. The van der Waals surface area contributed by atoms with Gasteiger partial charge in [0, 0.05) is 25.5 Å². The van der Waals surface area contributed by atoms with E-state index in [0.29, 0.717) is 17.1 Å². The number of amides is 2. The van der Waals surface area contributed by atoms with Gasteiger partial charge in [0.1, 0.15) is 11.5 Å². The summed E-state index contributed by atoms with van der Waals surface area (Å²) in [6.07, 6.45) is -1.48. The van der Waals surface area contributed by atoms with Gasteiger partial charge in [-0.3, -0.25) is 0 Å². The molecule has 2 heterocycles. The Hall–Kier alpha value is -3.30. The number of carbonyl (C=O) groups excluding carboxylic acids is 1. The summed E-state index contributed by atoms with van der Waals surface area (Å²) >= 11 is 0. The molecule has 1 aromatic carbocycles. The third kappa shape index (κ3) is 4.27. The van der Waals surface area contributed by atoms with Crippen LogP contribution in [0.5, 0.6) is 0 Å². The molecule has 3 aromatic rings. The Morgan fingerprint density at radius 1 is 1.33 bits per heavy atom. The maximum absolute atomic E-state index is 13.1. The number of rotatable bonds is 4. The van der Waals surface area contributed by atoms with Crippen molar-refractivity contribution in [2.24, 2.45) is 0 Å². The number of anilines is 1. The van der Waals surface area contributed by atoms with Crippen LogP contribution in [-0.2, 0) is 12.7 Å². The van der Waals surface area contributed by atoms with E-state index in [-0.39, 0.29) is 12.2 Å². The zero-order chi connectivity index (χ0) is 19.6. The fraction of sp³-hybridized carbons (Fsp3) is 0.235. The highest BCUT2D eigenvalue weighted by molar-refractivity contribution is 5.91. The van der Waals surface area contributed by atoms with Crippen molar-refractivity contribution >= 4 is 11.7 Å². The van der Waals surface area contributed by atoms with E-state index in [9.17, 15) is 18.0 Å². The van der Waals surface area contributed by atoms with Gasteiger partial charge in [-0.25, -0.2) is 9.48 Å². The Balaban J connectivity index is 1.86. The quantitative estimate of drug-likeness (QED) is 0.747. The molecule has 1 N–H and O–H groups in total. The number of urea groups is 1. The first kappa shape index (κ1) is 18.5. The average molecular weight is 379 g/mol. The van der Waals surface area contributed by atoms with E-state index in [4.69, 9.17) is 4.52 Å². The van der Waals surface area contributed by atoms with Crippen LogP contribution in [0.4, 0.5) is 23.7 Å². The Labute approximate surface area is 152 Å². The lowest BCUT2D eigenvalue weighted by molar-refractivity contribution is -0.137. The van der Waals surface area contributed by atoms with Gasteiger partial charge in [0.15, 0.2) is 0 Å². The van der Waals surface area contributed by atoms with E-state index in [0.717, 1.165) is 12.1 Å². The molecule has 2 amide bonds. The smallest absolute Gasteiger partial charge is 0.361 e. The zero-order valence-corrected chi connectivity index (χ0v) is 14.5. The molecule has 10 heteroatoms. The number of aromatic nitrogens is 3. The molecular weight excluding hydrogens is 363 g/mol. The van der Waals surface area contributed by atoms with Crippen LogP contribution in [0.15, 0.2) is 47.2 Å². The predicted octanol–water partition coefficient (Wildman–Crippen LogP) is 3.85. The lowest BCUT2D eigenvalue weighted by Crippen LogP contribution is -2.31. The lowest BCUT2D eigenvalue weighted by atomic mass is 10.1. The van der Waals surface area contributed by atoms with Crippen molar-refractivity contribution in [1.29, 1.82) is 0 Å². The van der Waals surface area contributed by atoms with E-state index in [1.807, 2.05) is 0 Å². The second-order valence-corrected chi connectivity index (χ2v) is 5.90. The number of benzene rings is 1. The normalized spacial score (nSPS) is 11.4. The molecule has 0 saturated carbocycles. The van der Waals surface area contributed by atoms with Crippen molar-refractivity contribution in [1.82, 2.24) is 19.8 Å². The summed E-state index contributed by atoms with van der Waals surface area (Å²) in [4.78, 5) is 13.7. The van der Waals surface area contributed by atoms with Crippen molar-refractivity contribution in [3.05, 3.63) is 59.7 Å². The van der Waals surface area contributed by atoms with Crippen LogP contribution in [-0.4, -0.2) is 32.9 Å². The van der Waals surface area contributed by atoms with Gasteiger partial charge in [-0.15, -0.1) is 0 Å². The fourth-order valence-electron chi connectivity index (χ4n) is 2.44. The van der Waals surface area contributed by atoms with E-state index in [2.05, 4.69) is 15.6 Å². The van der Waals surface area contributed by atoms with E-state index in [1.165, 1.54) is 28.9 Å². The van der Waals surface area contributed by atoms with Crippen molar-refractivity contribution in [2.45, 2.75) is 19.6 Å². The zero-order valence-electron chi connectivity index (χ0n) is 14.5. The molecule has 0 unspecified atom stereocenters. The molecule has 0 fully saturated rings. The minimum absolute atomic E-state index is 0.0123. The Kier molecular flexibility index (Phi) is 4.89. The molecule has 0 aliphatic rings. The summed E-state index contributed by atoms with van der Waals surface area (Å²) in [6.45, 7) is 1.86. The number of halogens is 3. The molecule has 3 rings (SSSR count). The second kappa shape index (κ2) is 7.14. The van der Waals surface area contributed by atoms with Gasteiger partial charge in [0.2, 0.25) is 0 Å². The number of aryl methyl sites for hydroxylation is 1. The van der Waals surface area contributed by atoms with Crippen LogP contribution in [0.25, 0.3) is 5.69 Å². The highest BCUT2D eigenvalue weighted by Crippen LogP contribution is 2.33. The fourth-order valence-corrected chi connectivity index (χ4v) is 2.44. The van der Waals surface area contributed by atoms with Crippen LogP contribution in [0.2, 0.25) is 0 Å². The number of nitrogens with zero attached hydrogens (tertiary/aromatic N) is 4. The van der Waals surface area contributed by atoms with Crippen LogP contribution in [0.3, 0.4) is 0 Å². The molecule has 0 spiro atoms. The van der Waals surface area contributed by atoms with Gasteiger partial charge in [-0.1, -0.05) is 5.16 Å². The summed E-state index contributed by atoms with van der Waals surface area (Å²) in [5, 5.41) is 10.3. The van der Waals surface area contributed by atoms with Gasteiger partial charge >= 0.3 is 12.2 Å². The van der Waals surface area contributed by atoms with Crippen LogP contribution < -0.4 is 5.32 Å². The van der Waals surface area contributed by atoms with Crippen LogP contribution in [0.1, 0.15) is 17.0 Å². The molecule has 142 valence electrons. The Morgan fingerprint density at radius 2 is 2.11 bits per heavy atom. The third-order valence-electron chi connectivity index (χ3n) is 3.74. The minimum Gasteiger partial charge on any atom is -0.361 e. The lowest BCUT2D eigenvalue weighted by Gasteiger charge is -2.19. The van der Waals surface area contributed by atoms with Crippen molar-refractivity contribution in [3.8, 4) is 5.69 Å². The van der Waals surface area contributed by atoms with Gasteiger partial charge in [0.25, 0.3) is 0 Å². The largest absolute Gasteiger partial charge is 0.416 e. The van der Waals surface area contributed by atoms with E-state index in [1.54, 1.807) is 25.3 Å². The van der Waals surface area contributed by atoms with Gasteiger partial charge in [-0.2, -0.15) is 18.3 Å². The molecule has 0 bridgehead atoms. The first-order chi connectivity index (χ1) is 12.7. The van der Waals surface area contributed by atoms with Crippen molar-refractivity contribution < 1.29 is 22.5 Å². The number of carbonyl (C=O) groups is 1. The van der Waals surface area contributed by atoms with Crippen LogP contribution in [0, 0.1) is 6.92 Å². The maximum atomic E-state index is 13.1. The number of hydrogen-bond acceptors (Lipinski definition) is 4. The van der Waals surface area contributed by atoms with E-state index >= 15 is 0 Å². The summed E-state index contributed by atoms with van der Waals surface area (Å²) in [7, 11) is 1.50. The highest BCUT2D eigenvalue weighted by atomic mass is 19.4. The molecule has 0 atom stereocenters. The maximum Gasteiger partial charge on any atom is 0.416 e. The average Bonchev–Trinajstić information content (AvgIpc) is 3.26. The summed E-state index contributed by atoms with van der Waals surface area (Å²) in [5.41, 5.74) is -0.0429. The molecule has 0 saturated heterocycles. The predicted molar refractivity (Wildman–Crippen MR) is 90.3 cm³/mol. The van der Waals surface area contributed by atoms with E-state index < -0.39 is 17.8 Å². The SMILES string of the molecule is Cc1cc(CN(C)C(=O)Nc2cc(C(F)(F)F)ccc2-n2cccn2)no1. The highest BCUT2D eigenvalue weighted by Gasteiger charge is 2.31. The Morgan fingerprint density at radius 3 is 2.70 bits per heavy atom. The molecule has 7 nitrogen and oxygen atoms in total. The summed E-state index contributed by atoms with van der Waals surface area (Å²) < 4.78 is 45.5. The topological polar surface area (TPSA) is 76.2 Å². The molecule has 0 aliphatic carbocycles. The molecule has 2 aromatic heterocycles. The first-order valence-corrected chi connectivity index (χ1v) is 7.89. The Bertz CT molecular complexity index is 934. The van der Waals surface area contributed by atoms with Gasteiger partial charge < -0.3 is 14.7 Å². The van der Waals surface area contributed by atoms with Crippen molar-refractivity contribution in [3.63, 3.8) is 0 Å². The molecule has 27 heavy (non-hydrogen) atoms. The summed E-state index contributed by atoms with van der Waals surface area (Å²) in [5.74, 6) is 0.595. The van der Waals surface area contributed by atoms with Gasteiger partial charge in [-0.05, 0) is 31.2 Å². The first-order valence-electron chi connectivity index (χ1n) is 7.89. The second-order valence-electron chi connectivity index (χ2n) is 5.90. The van der Waals surface area contributed by atoms with Crippen molar-refractivity contribution in [2.75, 3.05) is 12.4 Å². The standard InChI is InChI=1S/C17H16F3N5O2/c1-11-8-13(23-27-11)10-24(2)16(26)22-14-9-12(17(18,19)20)4-5-15(14)25-7-3-6-21-25/h3-9H,10H2,1-2H3,(H,22,26). The summed E-state index contributed by atoms with van der Waals surface area (Å²) in [6, 6.07) is 5.78. The third-order valence-corrected chi connectivity index (χ3v) is 3.74. The number of nitrogens with one attached hydrogen (secondary N) is 1. The molecular formula is C17H16F3N5O2. The van der Waals surface area contributed by atoms with Gasteiger partial charge in [0.05, 0.1) is 23.5 Å². The van der Waals surface area contributed by atoms with Crippen LogP contribution >= 0.6 is 0 Å². The minimum atomic E-state index is -4.54.